The fraction of sp³-hybridized carbons (Fsp3) is 0.167. The van der Waals surface area contributed by atoms with Crippen LogP contribution in [0, 0.1) is 6.92 Å². The molecular formula is C12H11F3N4O. The van der Waals surface area contributed by atoms with Crippen LogP contribution in [-0.2, 0) is 6.18 Å². The van der Waals surface area contributed by atoms with Crippen molar-refractivity contribution in [3.63, 3.8) is 0 Å². The molecule has 0 unspecified atom stereocenters. The zero-order valence-corrected chi connectivity index (χ0v) is 10.4. The quantitative estimate of drug-likeness (QED) is 0.669. The zero-order chi connectivity index (χ0) is 14.8. The number of halogens is 3. The van der Waals surface area contributed by atoms with Crippen LogP contribution in [0.3, 0.4) is 0 Å². The number of anilines is 1. The number of hydrogen-bond donors (Lipinski definition) is 2. The number of nitrogens with zero attached hydrogens (tertiary/aromatic N) is 2. The number of nitrogen functional groups attached to an aromatic ring is 1. The van der Waals surface area contributed by atoms with Gasteiger partial charge in [0.15, 0.2) is 0 Å². The predicted molar refractivity (Wildman–Crippen MR) is 66.1 cm³/mol. The number of aromatic nitrogens is 2. The van der Waals surface area contributed by atoms with Gasteiger partial charge in [-0.25, -0.2) is 15.8 Å². The molecular weight excluding hydrogens is 273 g/mol. The summed E-state index contributed by atoms with van der Waals surface area (Å²) in [5, 5.41) is 0. The maximum atomic E-state index is 12.9. The van der Waals surface area contributed by atoms with Crippen LogP contribution in [0.5, 0.6) is 11.6 Å². The Labute approximate surface area is 112 Å². The first-order chi connectivity index (χ1) is 9.43. The molecule has 8 heteroatoms. The fourth-order valence-electron chi connectivity index (χ4n) is 1.58. The van der Waals surface area contributed by atoms with Crippen molar-refractivity contribution in [2.75, 3.05) is 5.43 Å². The van der Waals surface area contributed by atoms with Gasteiger partial charge < -0.3 is 10.2 Å². The molecule has 0 aliphatic heterocycles. The number of nitrogens with one attached hydrogen (secondary N) is 1. The third-order valence-corrected chi connectivity index (χ3v) is 2.57. The van der Waals surface area contributed by atoms with Crippen LogP contribution in [0.15, 0.2) is 30.6 Å². The molecule has 0 aliphatic rings. The molecule has 0 fully saturated rings. The molecule has 5 nitrogen and oxygen atoms in total. The number of para-hydroxylation sites is 1. The van der Waals surface area contributed by atoms with Gasteiger partial charge in [-0.3, -0.25) is 0 Å². The van der Waals surface area contributed by atoms with Crippen molar-refractivity contribution >= 4 is 5.82 Å². The van der Waals surface area contributed by atoms with Gasteiger partial charge in [0.25, 0.3) is 0 Å². The lowest BCUT2D eigenvalue weighted by atomic mass is 10.2. The molecule has 0 amide bonds. The largest absolute Gasteiger partial charge is 0.438 e. The Bertz CT molecular complexity index is 616. The van der Waals surface area contributed by atoms with Gasteiger partial charge in [0.1, 0.15) is 17.9 Å². The highest BCUT2D eigenvalue weighted by Gasteiger charge is 2.34. The highest BCUT2D eigenvalue weighted by atomic mass is 19.4. The molecule has 0 bridgehead atoms. The van der Waals surface area contributed by atoms with Gasteiger partial charge in [-0.15, -0.1) is 0 Å². The molecule has 1 aromatic carbocycles. The predicted octanol–water partition coefficient (Wildman–Crippen LogP) is 2.88. The van der Waals surface area contributed by atoms with Gasteiger partial charge in [0.2, 0.25) is 5.88 Å². The minimum atomic E-state index is -4.51. The second kappa shape index (κ2) is 5.33. The lowest BCUT2D eigenvalue weighted by molar-refractivity contribution is -0.138. The molecule has 106 valence electrons. The summed E-state index contributed by atoms with van der Waals surface area (Å²) in [6.07, 6.45) is -3.36. The first-order valence-electron chi connectivity index (χ1n) is 5.55. The first-order valence-corrected chi connectivity index (χ1v) is 5.55. The van der Waals surface area contributed by atoms with Crippen LogP contribution in [0.1, 0.15) is 11.1 Å². The molecule has 3 N–H and O–H groups in total. The molecule has 2 aromatic rings. The molecule has 20 heavy (non-hydrogen) atoms. The molecule has 1 heterocycles. The van der Waals surface area contributed by atoms with Gasteiger partial charge in [-0.2, -0.15) is 13.2 Å². The van der Waals surface area contributed by atoms with Crippen molar-refractivity contribution in [3.05, 3.63) is 41.7 Å². The van der Waals surface area contributed by atoms with E-state index in [2.05, 4.69) is 15.4 Å². The summed E-state index contributed by atoms with van der Waals surface area (Å²) in [5.41, 5.74) is 1.85. The van der Waals surface area contributed by atoms with Crippen LogP contribution in [-0.4, -0.2) is 9.97 Å². The van der Waals surface area contributed by atoms with Crippen molar-refractivity contribution < 1.29 is 17.9 Å². The third-order valence-electron chi connectivity index (χ3n) is 2.57. The van der Waals surface area contributed by atoms with Crippen molar-refractivity contribution in [2.45, 2.75) is 13.1 Å². The van der Waals surface area contributed by atoms with Crippen LogP contribution < -0.4 is 16.0 Å². The second-order valence-electron chi connectivity index (χ2n) is 3.89. The van der Waals surface area contributed by atoms with E-state index < -0.39 is 11.7 Å². The Morgan fingerprint density at radius 2 is 1.90 bits per heavy atom. The topological polar surface area (TPSA) is 73.1 Å². The molecule has 0 radical (unpaired) electrons. The first kappa shape index (κ1) is 14.1. The minimum absolute atomic E-state index is 0.00431. The van der Waals surface area contributed by atoms with E-state index in [4.69, 9.17) is 10.6 Å². The van der Waals surface area contributed by atoms with Crippen molar-refractivity contribution in [2.24, 2.45) is 5.84 Å². The smallest absolute Gasteiger partial charge is 0.419 e. The summed E-state index contributed by atoms with van der Waals surface area (Å²) in [5.74, 6) is 5.19. The monoisotopic (exact) mass is 284 g/mol. The van der Waals surface area contributed by atoms with Crippen LogP contribution in [0.2, 0.25) is 0 Å². The number of rotatable bonds is 3. The van der Waals surface area contributed by atoms with E-state index in [1.165, 1.54) is 18.2 Å². The van der Waals surface area contributed by atoms with Gasteiger partial charge in [0.05, 0.1) is 11.1 Å². The van der Waals surface area contributed by atoms with Crippen LogP contribution >= 0.6 is 0 Å². The number of benzene rings is 1. The van der Waals surface area contributed by atoms with Gasteiger partial charge in [-0.1, -0.05) is 12.1 Å². The van der Waals surface area contributed by atoms with Crippen molar-refractivity contribution in [1.29, 1.82) is 0 Å². The molecule has 2 rings (SSSR count). The van der Waals surface area contributed by atoms with E-state index in [0.29, 0.717) is 5.56 Å². The lowest BCUT2D eigenvalue weighted by Gasteiger charge is -2.14. The fourth-order valence-corrected chi connectivity index (χ4v) is 1.58. The molecule has 0 aliphatic carbocycles. The molecule has 0 spiro atoms. The van der Waals surface area contributed by atoms with E-state index in [0.717, 1.165) is 12.4 Å². The van der Waals surface area contributed by atoms with Crippen LogP contribution in [0.25, 0.3) is 0 Å². The van der Waals surface area contributed by atoms with Crippen molar-refractivity contribution in [1.82, 2.24) is 9.97 Å². The van der Waals surface area contributed by atoms with E-state index in [1.807, 2.05) is 0 Å². The average molecular weight is 284 g/mol. The lowest BCUT2D eigenvalue weighted by Crippen LogP contribution is -2.11. The Kier molecular flexibility index (Phi) is 3.75. The Morgan fingerprint density at radius 3 is 2.55 bits per heavy atom. The van der Waals surface area contributed by atoms with Crippen LogP contribution in [0.4, 0.5) is 19.0 Å². The highest BCUT2D eigenvalue weighted by Crippen LogP contribution is 2.38. The third kappa shape index (κ3) is 2.80. The van der Waals surface area contributed by atoms with E-state index in [9.17, 15) is 13.2 Å². The Hall–Kier alpha value is -2.35. The Morgan fingerprint density at radius 1 is 1.20 bits per heavy atom. The standard InChI is InChI=1S/C12H11F3N4O/c1-7-10(19-16)17-6-18-11(7)20-9-5-3-2-4-8(9)12(13,14)15/h2-6H,16H2,1H3,(H,17,18,19). The molecule has 1 aromatic heterocycles. The summed E-state index contributed by atoms with van der Waals surface area (Å²) in [7, 11) is 0. The minimum Gasteiger partial charge on any atom is -0.438 e. The van der Waals surface area contributed by atoms with E-state index in [-0.39, 0.29) is 17.4 Å². The van der Waals surface area contributed by atoms with Crippen molar-refractivity contribution in [3.8, 4) is 11.6 Å². The summed E-state index contributed by atoms with van der Waals surface area (Å²) in [6.45, 7) is 1.58. The summed E-state index contributed by atoms with van der Waals surface area (Å²) in [4.78, 5) is 7.63. The maximum Gasteiger partial charge on any atom is 0.419 e. The number of ether oxygens (including phenoxy) is 1. The number of hydrogen-bond acceptors (Lipinski definition) is 5. The highest BCUT2D eigenvalue weighted by molar-refractivity contribution is 5.48. The molecule has 0 saturated carbocycles. The zero-order valence-electron chi connectivity index (χ0n) is 10.4. The molecule has 0 saturated heterocycles. The number of alkyl halides is 3. The second-order valence-corrected chi connectivity index (χ2v) is 3.89. The normalized spacial score (nSPS) is 11.2. The molecule has 0 atom stereocenters. The van der Waals surface area contributed by atoms with Gasteiger partial charge >= 0.3 is 6.18 Å². The summed E-state index contributed by atoms with van der Waals surface area (Å²) < 4.78 is 43.8. The maximum absolute atomic E-state index is 12.9. The SMILES string of the molecule is Cc1c(NN)ncnc1Oc1ccccc1C(F)(F)F. The van der Waals surface area contributed by atoms with Gasteiger partial charge in [-0.05, 0) is 19.1 Å². The van der Waals surface area contributed by atoms with E-state index in [1.54, 1.807) is 6.92 Å². The van der Waals surface area contributed by atoms with E-state index >= 15 is 0 Å². The number of nitrogens with two attached hydrogens (primary N) is 1. The van der Waals surface area contributed by atoms with Gasteiger partial charge in [0, 0.05) is 0 Å². The summed E-state index contributed by atoms with van der Waals surface area (Å²) >= 11 is 0. The average Bonchev–Trinajstić information content (AvgIpc) is 2.40. The Balaban J connectivity index is 2.41. The number of hydrazine groups is 1. The summed E-state index contributed by atoms with van der Waals surface area (Å²) in [6, 6.07) is 4.90.